The molecule has 0 aromatic heterocycles. The van der Waals surface area contributed by atoms with E-state index in [9.17, 15) is 4.79 Å². The van der Waals surface area contributed by atoms with Gasteiger partial charge in [-0.2, -0.15) is 0 Å². The summed E-state index contributed by atoms with van der Waals surface area (Å²) in [4.78, 5) is 12.5. The van der Waals surface area contributed by atoms with E-state index in [1.54, 1.807) is 5.57 Å². The Bertz CT molecular complexity index is 868. The lowest BCUT2D eigenvalue weighted by Crippen LogP contribution is -2.51. The van der Waals surface area contributed by atoms with Gasteiger partial charge in [-0.25, -0.2) is 4.79 Å². The monoisotopic (exact) mass is 608 g/mol. The number of amides is 1. The van der Waals surface area contributed by atoms with Gasteiger partial charge in [0.05, 0.1) is 0 Å². The summed E-state index contributed by atoms with van der Waals surface area (Å²) >= 11 is 0. The lowest BCUT2D eigenvalue weighted by atomic mass is 9.47. The van der Waals surface area contributed by atoms with Crippen LogP contribution in [0.15, 0.2) is 11.6 Å². The zero-order chi connectivity index (χ0) is 29.5. The predicted octanol–water partition coefficient (Wildman–Crippen LogP) is 7.07. The number of allylic oxidation sites excluding steroid dienone is 1. The summed E-state index contributed by atoms with van der Waals surface area (Å²) in [7, 11) is 0. The molecule has 0 bridgehead atoms. The summed E-state index contributed by atoms with van der Waals surface area (Å²) in [5, 5.41) is 9.63. The molecule has 0 aromatic rings. The third-order valence-electron chi connectivity index (χ3n) is 12.1. The maximum atomic E-state index is 12.5. The van der Waals surface area contributed by atoms with E-state index >= 15 is 0 Å². The molecule has 5 N–H and O–H groups in total. The first-order valence-electron chi connectivity index (χ1n) is 17.4. The maximum absolute atomic E-state index is 12.5. The van der Waals surface area contributed by atoms with Gasteiger partial charge in [-0.15, -0.1) is 12.4 Å². The molecule has 0 radical (unpaired) electrons. The van der Waals surface area contributed by atoms with Gasteiger partial charge in [-0.05, 0) is 111 Å². The smallest absolute Gasteiger partial charge is 0.407 e. The van der Waals surface area contributed by atoms with Crippen LogP contribution >= 0.6 is 12.4 Å². The molecule has 0 spiro atoms. The second kappa shape index (κ2) is 16.5. The fourth-order valence-corrected chi connectivity index (χ4v) is 9.89. The number of carbonyl (C=O) groups is 1. The van der Waals surface area contributed by atoms with Crippen molar-refractivity contribution in [3.05, 3.63) is 11.6 Å². The molecule has 7 heteroatoms. The number of hydrogen-bond donors (Lipinski definition) is 4. The molecule has 0 aromatic carbocycles. The van der Waals surface area contributed by atoms with Gasteiger partial charge in [0.2, 0.25) is 0 Å². The molecule has 244 valence electrons. The Labute approximate surface area is 264 Å². The fraction of sp³-hybridized carbons (Fsp3) is 0.914. The number of rotatable bonds is 15. The van der Waals surface area contributed by atoms with E-state index in [1.165, 1.54) is 51.4 Å². The van der Waals surface area contributed by atoms with Gasteiger partial charge in [-0.3, -0.25) is 0 Å². The number of nitrogens with two attached hydrogens (primary N) is 1. The van der Waals surface area contributed by atoms with Crippen molar-refractivity contribution in [2.24, 2.45) is 52.1 Å². The molecule has 6 nitrogen and oxygen atoms in total. The Balaban J connectivity index is 0.00000484. The molecule has 8 atom stereocenters. The lowest BCUT2D eigenvalue weighted by Gasteiger charge is -2.58. The first kappa shape index (κ1) is 35.7. The number of hydrogen-bond acceptors (Lipinski definition) is 5. The highest BCUT2D eigenvalue weighted by Crippen LogP contribution is 2.67. The average molecular weight is 609 g/mol. The number of halogens is 1. The Hall–Kier alpha value is -0.820. The van der Waals surface area contributed by atoms with Crippen molar-refractivity contribution in [3.63, 3.8) is 0 Å². The van der Waals surface area contributed by atoms with Gasteiger partial charge in [0.1, 0.15) is 6.10 Å². The molecule has 0 unspecified atom stereocenters. The van der Waals surface area contributed by atoms with Gasteiger partial charge in [0, 0.05) is 32.6 Å². The van der Waals surface area contributed by atoms with E-state index in [-0.39, 0.29) is 24.6 Å². The van der Waals surface area contributed by atoms with E-state index in [2.05, 4.69) is 56.6 Å². The number of fused-ring (bicyclic) bond motifs is 5. The minimum absolute atomic E-state index is 0. The molecule has 3 saturated carbocycles. The van der Waals surface area contributed by atoms with Crippen molar-refractivity contribution < 1.29 is 9.53 Å². The minimum Gasteiger partial charge on any atom is -0.446 e. The van der Waals surface area contributed by atoms with E-state index in [1.807, 2.05) is 0 Å². The summed E-state index contributed by atoms with van der Waals surface area (Å²) in [6.07, 6.45) is 17.7. The molecule has 3 fully saturated rings. The number of ether oxygens (including phenoxy) is 1. The first-order valence-corrected chi connectivity index (χ1v) is 17.4. The summed E-state index contributed by atoms with van der Waals surface area (Å²) in [6.45, 7) is 17.4. The van der Waals surface area contributed by atoms with Crippen LogP contribution in [0, 0.1) is 46.3 Å². The summed E-state index contributed by atoms with van der Waals surface area (Å²) in [6, 6.07) is 0. The topological polar surface area (TPSA) is 88.4 Å². The van der Waals surface area contributed by atoms with Crippen LogP contribution in [0.1, 0.15) is 112 Å². The summed E-state index contributed by atoms with van der Waals surface area (Å²) < 4.78 is 5.93. The Morgan fingerprint density at radius 1 is 0.952 bits per heavy atom. The standard InChI is InChI=1S/C35H64N4O2.ClH/c1-25(2)8-6-9-26(3)30-12-13-31-29-11-10-27-24-28(14-16-34(27,4)32(29)15-17-35(30,31)5)41-33(40)39-23-22-38-20-7-19-37-21-18-36;/h10,25-26,28-32,37-38H,6-9,11-24,36H2,1-5H3,(H,39,40);1H/t26-,28+,29+,30-,31+,32+,34+,35-;/m1./s1. The van der Waals surface area contributed by atoms with E-state index in [0.717, 1.165) is 87.4 Å². The van der Waals surface area contributed by atoms with E-state index < -0.39 is 0 Å². The molecule has 4 rings (SSSR count). The Morgan fingerprint density at radius 3 is 2.45 bits per heavy atom. The van der Waals surface area contributed by atoms with Crippen molar-refractivity contribution in [3.8, 4) is 0 Å². The number of nitrogens with one attached hydrogen (secondary N) is 3. The van der Waals surface area contributed by atoms with Crippen molar-refractivity contribution in [1.82, 2.24) is 16.0 Å². The lowest BCUT2D eigenvalue weighted by molar-refractivity contribution is -0.0581. The summed E-state index contributed by atoms with van der Waals surface area (Å²) in [5.41, 5.74) is 7.91. The second-order valence-corrected chi connectivity index (χ2v) is 15.1. The molecular formula is C35H65ClN4O2. The maximum Gasteiger partial charge on any atom is 0.407 e. The van der Waals surface area contributed by atoms with Crippen molar-refractivity contribution in [2.45, 2.75) is 118 Å². The normalized spacial score (nSPS) is 34.5. The van der Waals surface area contributed by atoms with Gasteiger partial charge in [-0.1, -0.05) is 65.5 Å². The minimum atomic E-state index is -0.257. The Morgan fingerprint density at radius 2 is 1.71 bits per heavy atom. The highest BCUT2D eigenvalue weighted by atomic mass is 35.5. The first-order chi connectivity index (χ1) is 19.7. The van der Waals surface area contributed by atoms with Crippen LogP contribution in [-0.4, -0.2) is 51.5 Å². The van der Waals surface area contributed by atoms with Crippen LogP contribution in [0.3, 0.4) is 0 Å². The predicted molar refractivity (Wildman–Crippen MR) is 178 cm³/mol. The molecule has 1 amide bonds. The van der Waals surface area contributed by atoms with Crippen LogP contribution in [-0.2, 0) is 4.74 Å². The van der Waals surface area contributed by atoms with E-state index in [4.69, 9.17) is 10.5 Å². The third kappa shape index (κ3) is 8.46. The average Bonchev–Trinajstić information content (AvgIpc) is 3.29. The zero-order valence-electron chi connectivity index (χ0n) is 27.6. The third-order valence-corrected chi connectivity index (χ3v) is 12.1. The summed E-state index contributed by atoms with van der Waals surface area (Å²) in [5.74, 6) is 5.15. The van der Waals surface area contributed by atoms with Gasteiger partial charge in [0.25, 0.3) is 0 Å². The quantitative estimate of drug-likeness (QED) is 0.118. The molecule has 4 aliphatic rings. The molecule has 0 heterocycles. The van der Waals surface area contributed by atoms with Gasteiger partial charge >= 0.3 is 6.09 Å². The van der Waals surface area contributed by atoms with Crippen molar-refractivity contribution in [1.29, 1.82) is 0 Å². The molecule has 0 saturated heterocycles. The molecular weight excluding hydrogens is 544 g/mol. The fourth-order valence-electron chi connectivity index (χ4n) is 9.89. The van der Waals surface area contributed by atoms with Crippen LogP contribution in [0.4, 0.5) is 4.79 Å². The zero-order valence-corrected chi connectivity index (χ0v) is 28.5. The van der Waals surface area contributed by atoms with Crippen LogP contribution in [0.25, 0.3) is 0 Å². The highest BCUT2D eigenvalue weighted by molar-refractivity contribution is 5.85. The largest absolute Gasteiger partial charge is 0.446 e. The molecule has 0 aliphatic heterocycles. The Kier molecular flexibility index (Phi) is 14.0. The van der Waals surface area contributed by atoms with Gasteiger partial charge in [0.15, 0.2) is 0 Å². The highest BCUT2D eigenvalue weighted by Gasteiger charge is 2.59. The SMILES string of the molecule is CC(C)CCC[C@@H](C)[C@H]1CC[C@H]2[C@@H]3CC=C4C[C@@H](OC(=O)NCCNCCCNCCN)CC[C@]4(C)[C@H]3CC[C@]12C.Cl. The van der Waals surface area contributed by atoms with Crippen LogP contribution in [0.5, 0.6) is 0 Å². The molecule has 42 heavy (non-hydrogen) atoms. The van der Waals surface area contributed by atoms with Crippen LogP contribution < -0.4 is 21.7 Å². The van der Waals surface area contributed by atoms with Crippen LogP contribution in [0.2, 0.25) is 0 Å². The molecule has 4 aliphatic carbocycles. The van der Waals surface area contributed by atoms with Gasteiger partial charge < -0.3 is 26.4 Å². The van der Waals surface area contributed by atoms with Crippen molar-refractivity contribution >= 4 is 18.5 Å². The second-order valence-electron chi connectivity index (χ2n) is 15.1. The number of carbonyl (C=O) groups excluding carboxylic acids is 1. The van der Waals surface area contributed by atoms with Crippen molar-refractivity contribution in [2.75, 3.05) is 39.3 Å². The van der Waals surface area contributed by atoms with E-state index in [0.29, 0.717) is 23.9 Å². The number of alkyl carbamates (subject to hydrolysis) is 1.